The van der Waals surface area contributed by atoms with E-state index in [1.165, 1.54) is 11.3 Å². The summed E-state index contributed by atoms with van der Waals surface area (Å²) < 4.78 is 31.8. The molecular formula is C19H16F2N4O2S. The van der Waals surface area contributed by atoms with Crippen LogP contribution in [0, 0.1) is 11.6 Å². The highest BCUT2D eigenvalue weighted by Crippen LogP contribution is 2.25. The van der Waals surface area contributed by atoms with Crippen LogP contribution in [0.5, 0.6) is 0 Å². The Morgan fingerprint density at radius 2 is 1.89 bits per heavy atom. The third-order valence-corrected chi connectivity index (χ3v) is 5.08. The minimum absolute atomic E-state index is 0.0357. The summed E-state index contributed by atoms with van der Waals surface area (Å²) in [5.41, 5.74) is 0.994. The van der Waals surface area contributed by atoms with Gasteiger partial charge in [-0.2, -0.15) is 0 Å². The van der Waals surface area contributed by atoms with Gasteiger partial charge >= 0.3 is 0 Å². The number of halogens is 2. The lowest BCUT2D eigenvalue weighted by Crippen LogP contribution is -2.36. The number of amides is 1. The molecule has 4 rings (SSSR count). The van der Waals surface area contributed by atoms with Crippen molar-refractivity contribution in [2.75, 3.05) is 36.5 Å². The van der Waals surface area contributed by atoms with Crippen molar-refractivity contribution >= 4 is 28.7 Å². The van der Waals surface area contributed by atoms with Crippen molar-refractivity contribution in [1.82, 2.24) is 9.97 Å². The number of benzene rings is 1. The van der Waals surface area contributed by atoms with Crippen LogP contribution in [0.15, 0.2) is 41.9 Å². The van der Waals surface area contributed by atoms with E-state index in [1.54, 1.807) is 11.6 Å². The molecule has 0 saturated carbocycles. The van der Waals surface area contributed by atoms with Crippen molar-refractivity contribution in [3.63, 3.8) is 0 Å². The van der Waals surface area contributed by atoms with Crippen molar-refractivity contribution < 1.29 is 18.3 Å². The lowest BCUT2D eigenvalue weighted by Gasteiger charge is -2.27. The number of ether oxygens (including phenoxy) is 1. The fourth-order valence-corrected chi connectivity index (χ4v) is 3.61. The van der Waals surface area contributed by atoms with Crippen LogP contribution in [0.1, 0.15) is 10.5 Å². The zero-order valence-electron chi connectivity index (χ0n) is 14.7. The summed E-state index contributed by atoms with van der Waals surface area (Å²) in [4.78, 5) is 23.2. The number of pyridine rings is 1. The Labute approximate surface area is 163 Å². The number of aromatic nitrogens is 2. The number of anilines is 2. The fourth-order valence-electron chi connectivity index (χ4n) is 2.82. The summed E-state index contributed by atoms with van der Waals surface area (Å²) >= 11 is 1.30. The van der Waals surface area contributed by atoms with Gasteiger partial charge in [0.15, 0.2) is 0 Å². The van der Waals surface area contributed by atoms with Gasteiger partial charge in [-0.05, 0) is 24.3 Å². The molecule has 0 atom stereocenters. The summed E-state index contributed by atoms with van der Waals surface area (Å²) in [6.07, 6.45) is 1.72. The molecule has 0 bridgehead atoms. The fraction of sp³-hybridized carbons (Fsp3) is 0.211. The van der Waals surface area contributed by atoms with Crippen molar-refractivity contribution in [3.8, 4) is 10.6 Å². The van der Waals surface area contributed by atoms with E-state index in [2.05, 4.69) is 20.2 Å². The first-order valence-electron chi connectivity index (χ1n) is 8.60. The van der Waals surface area contributed by atoms with Gasteiger partial charge in [0.25, 0.3) is 5.91 Å². The molecule has 0 aliphatic carbocycles. The first-order chi connectivity index (χ1) is 13.6. The van der Waals surface area contributed by atoms with Crippen molar-refractivity contribution in [2.24, 2.45) is 0 Å². The van der Waals surface area contributed by atoms with Crippen LogP contribution >= 0.6 is 11.3 Å². The van der Waals surface area contributed by atoms with E-state index in [4.69, 9.17) is 4.74 Å². The molecule has 1 aliphatic rings. The molecule has 3 heterocycles. The maximum Gasteiger partial charge on any atom is 0.275 e. The molecule has 28 heavy (non-hydrogen) atoms. The van der Waals surface area contributed by atoms with Gasteiger partial charge in [0, 0.05) is 42.0 Å². The van der Waals surface area contributed by atoms with E-state index in [0.717, 1.165) is 42.7 Å². The molecule has 144 valence electrons. The normalized spacial score (nSPS) is 14.1. The third kappa shape index (κ3) is 4.15. The molecule has 1 saturated heterocycles. The lowest BCUT2D eigenvalue weighted by atomic mass is 10.2. The van der Waals surface area contributed by atoms with Gasteiger partial charge in [0.05, 0.1) is 13.2 Å². The monoisotopic (exact) mass is 402 g/mol. The van der Waals surface area contributed by atoms with Crippen LogP contribution in [0.2, 0.25) is 0 Å². The van der Waals surface area contributed by atoms with Gasteiger partial charge < -0.3 is 15.0 Å². The molecule has 0 unspecified atom stereocenters. The van der Waals surface area contributed by atoms with Gasteiger partial charge in [-0.3, -0.25) is 4.79 Å². The molecule has 2 aromatic heterocycles. The number of nitrogens with zero attached hydrogens (tertiary/aromatic N) is 3. The first-order valence-corrected chi connectivity index (χ1v) is 9.48. The molecule has 1 amide bonds. The smallest absolute Gasteiger partial charge is 0.275 e. The van der Waals surface area contributed by atoms with Crippen LogP contribution in [0.3, 0.4) is 0 Å². The van der Waals surface area contributed by atoms with Gasteiger partial charge in [-0.1, -0.05) is 0 Å². The Kier molecular flexibility index (Phi) is 5.27. The Morgan fingerprint density at radius 3 is 2.57 bits per heavy atom. The van der Waals surface area contributed by atoms with Crippen molar-refractivity contribution in [2.45, 2.75) is 0 Å². The number of rotatable bonds is 4. The largest absolute Gasteiger partial charge is 0.378 e. The molecule has 1 aliphatic heterocycles. The van der Waals surface area contributed by atoms with Crippen LogP contribution in [-0.2, 0) is 4.74 Å². The SMILES string of the molecule is O=C(Nc1cc(F)cc(F)c1)c1csc(-c2ccc(N3CCOCC3)nc2)n1. The summed E-state index contributed by atoms with van der Waals surface area (Å²) in [5.74, 6) is -1.19. The van der Waals surface area contributed by atoms with Gasteiger partial charge in [-0.15, -0.1) is 11.3 Å². The third-order valence-electron chi connectivity index (χ3n) is 4.19. The quantitative estimate of drug-likeness (QED) is 0.723. The van der Waals surface area contributed by atoms with E-state index >= 15 is 0 Å². The number of morpholine rings is 1. The minimum atomic E-state index is -0.763. The highest BCUT2D eigenvalue weighted by molar-refractivity contribution is 7.13. The molecule has 0 radical (unpaired) electrons. The van der Waals surface area contributed by atoms with E-state index < -0.39 is 17.5 Å². The predicted octanol–water partition coefficient (Wildman–Crippen LogP) is 3.57. The van der Waals surface area contributed by atoms with E-state index in [0.29, 0.717) is 18.2 Å². The molecule has 1 aromatic carbocycles. The number of nitrogens with one attached hydrogen (secondary N) is 1. The topological polar surface area (TPSA) is 67.4 Å². The second-order valence-electron chi connectivity index (χ2n) is 6.15. The number of hydrogen-bond donors (Lipinski definition) is 1. The lowest BCUT2D eigenvalue weighted by molar-refractivity contribution is 0.102. The molecule has 1 fully saturated rings. The van der Waals surface area contributed by atoms with Crippen LogP contribution < -0.4 is 10.2 Å². The van der Waals surface area contributed by atoms with Gasteiger partial charge in [-0.25, -0.2) is 18.7 Å². The summed E-state index contributed by atoms with van der Waals surface area (Å²) in [5, 5.41) is 4.68. The van der Waals surface area contributed by atoms with E-state index in [1.807, 2.05) is 12.1 Å². The van der Waals surface area contributed by atoms with Crippen molar-refractivity contribution in [3.05, 3.63) is 59.2 Å². The zero-order chi connectivity index (χ0) is 19.5. The van der Waals surface area contributed by atoms with Crippen molar-refractivity contribution in [1.29, 1.82) is 0 Å². The predicted molar refractivity (Wildman–Crippen MR) is 103 cm³/mol. The van der Waals surface area contributed by atoms with E-state index in [9.17, 15) is 13.6 Å². The molecule has 6 nitrogen and oxygen atoms in total. The van der Waals surface area contributed by atoms with Crippen LogP contribution in [0.4, 0.5) is 20.3 Å². The average Bonchev–Trinajstić information content (AvgIpc) is 3.18. The highest BCUT2D eigenvalue weighted by Gasteiger charge is 2.15. The van der Waals surface area contributed by atoms with E-state index in [-0.39, 0.29) is 11.4 Å². The first kappa shape index (κ1) is 18.5. The molecular weight excluding hydrogens is 386 g/mol. The van der Waals surface area contributed by atoms with Gasteiger partial charge in [0.2, 0.25) is 0 Å². The molecule has 0 spiro atoms. The molecule has 1 N–H and O–H groups in total. The maximum absolute atomic E-state index is 13.3. The summed E-state index contributed by atoms with van der Waals surface area (Å²) in [7, 11) is 0. The number of carbonyl (C=O) groups excluding carboxylic acids is 1. The Hall–Kier alpha value is -2.91. The zero-order valence-corrected chi connectivity index (χ0v) is 15.5. The summed E-state index contributed by atoms with van der Waals surface area (Å²) in [6.45, 7) is 2.97. The molecule has 3 aromatic rings. The second kappa shape index (κ2) is 7.99. The number of carbonyl (C=O) groups is 1. The van der Waals surface area contributed by atoms with Gasteiger partial charge in [0.1, 0.15) is 28.2 Å². The number of thiazole rings is 1. The Morgan fingerprint density at radius 1 is 1.14 bits per heavy atom. The van der Waals surface area contributed by atoms with Crippen LogP contribution in [-0.4, -0.2) is 42.2 Å². The Balaban J connectivity index is 1.46. The Bertz CT molecular complexity index is 968. The highest BCUT2D eigenvalue weighted by atomic mass is 32.1. The maximum atomic E-state index is 13.3. The van der Waals surface area contributed by atoms with Crippen LogP contribution in [0.25, 0.3) is 10.6 Å². The summed E-state index contributed by atoms with van der Waals surface area (Å²) in [6, 6.07) is 6.65. The minimum Gasteiger partial charge on any atom is -0.378 e. The average molecular weight is 402 g/mol. The number of hydrogen-bond acceptors (Lipinski definition) is 6. The standard InChI is InChI=1S/C19H16F2N4O2S/c20-13-7-14(21)9-15(8-13)23-18(26)16-11-28-19(24-16)12-1-2-17(22-10-12)25-3-5-27-6-4-25/h1-2,7-11H,3-6H2,(H,23,26). The second-order valence-corrected chi connectivity index (χ2v) is 7.01. The molecule has 9 heteroatoms.